The number of halogens is 1. The van der Waals surface area contributed by atoms with Crippen molar-refractivity contribution in [1.29, 1.82) is 0 Å². The maximum Gasteiger partial charge on any atom is 0.0478 e. The molecule has 1 aromatic rings. The number of anilines is 1. The summed E-state index contributed by atoms with van der Waals surface area (Å²) in [5.74, 6) is 0.816. The highest BCUT2D eigenvalue weighted by molar-refractivity contribution is 14.1. The van der Waals surface area contributed by atoms with Crippen LogP contribution in [-0.4, -0.2) is 18.6 Å². The fourth-order valence-electron chi connectivity index (χ4n) is 3.67. The number of piperidine rings is 1. The molecule has 1 heterocycles. The zero-order valence-corrected chi connectivity index (χ0v) is 13.5. The summed E-state index contributed by atoms with van der Waals surface area (Å²) in [5.41, 5.74) is 1.32. The Bertz CT molecular complexity index is 415. The molecule has 1 saturated heterocycles. The van der Waals surface area contributed by atoms with Crippen LogP contribution in [0, 0.1) is 9.49 Å². The van der Waals surface area contributed by atoms with Crippen molar-refractivity contribution in [2.45, 2.75) is 50.6 Å². The van der Waals surface area contributed by atoms with Crippen LogP contribution in [0.25, 0.3) is 0 Å². The number of hydrogen-bond acceptors (Lipinski definition) is 2. The molecule has 1 saturated carbocycles. The Kier molecular flexibility index (Phi) is 4.64. The maximum atomic E-state index is 3.81. The molecular weight excluding hydrogens is 347 g/mol. The molecule has 1 aliphatic heterocycles. The molecule has 3 unspecified atom stereocenters. The number of para-hydroxylation sites is 1. The zero-order valence-electron chi connectivity index (χ0n) is 11.4. The van der Waals surface area contributed by atoms with Crippen LogP contribution < -0.4 is 10.6 Å². The minimum Gasteiger partial charge on any atom is -0.381 e. The van der Waals surface area contributed by atoms with Crippen LogP contribution in [0.2, 0.25) is 0 Å². The molecule has 2 nitrogen and oxygen atoms in total. The predicted molar refractivity (Wildman–Crippen MR) is 89.6 cm³/mol. The topological polar surface area (TPSA) is 24.1 Å². The minimum absolute atomic E-state index is 0.659. The van der Waals surface area contributed by atoms with Crippen molar-refractivity contribution in [3.63, 3.8) is 0 Å². The van der Waals surface area contributed by atoms with Crippen molar-refractivity contribution in [1.82, 2.24) is 5.32 Å². The number of benzene rings is 1. The summed E-state index contributed by atoms with van der Waals surface area (Å²) in [6.45, 7) is 1.22. The first-order valence-electron chi connectivity index (χ1n) is 7.59. The average molecular weight is 370 g/mol. The Labute approximate surface area is 129 Å². The first kappa shape index (κ1) is 13.7. The molecule has 3 rings (SSSR count). The molecule has 104 valence electrons. The molecule has 2 fully saturated rings. The van der Waals surface area contributed by atoms with Crippen LogP contribution >= 0.6 is 22.6 Å². The highest BCUT2D eigenvalue weighted by Gasteiger charge is 2.34. The van der Waals surface area contributed by atoms with Crippen molar-refractivity contribution in [3.8, 4) is 0 Å². The molecule has 2 aliphatic rings. The molecule has 3 atom stereocenters. The van der Waals surface area contributed by atoms with Gasteiger partial charge in [-0.1, -0.05) is 25.0 Å². The fraction of sp³-hybridized carbons (Fsp3) is 0.625. The summed E-state index contributed by atoms with van der Waals surface area (Å²) in [4.78, 5) is 0. The van der Waals surface area contributed by atoms with Gasteiger partial charge in [0.1, 0.15) is 0 Å². The van der Waals surface area contributed by atoms with E-state index < -0.39 is 0 Å². The van der Waals surface area contributed by atoms with Gasteiger partial charge in [-0.05, 0) is 72.9 Å². The Morgan fingerprint density at radius 1 is 1.05 bits per heavy atom. The molecule has 0 radical (unpaired) electrons. The monoisotopic (exact) mass is 370 g/mol. The average Bonchev–Trinajstić information content (AvgIpc) is 2.91. The molecule has 0 spiro atoms. The van der Waals surface area contributed by atoms with Gasteiger partial charge in [0.05, 0.1) is 0 Å². The SMILES string of the molecule is Ic1ccccc1NC1CCCC1C1CCCCN1. The van der Waals surface area contributed by atoms with E-state index in [0.29, 0.717) is 6.04 Å². The van der Waals surface area contributed by atoms with Crippen LogP contribution in [0.15, 0.2) is 24.3 Å². The van der Waals surface area contributed by atoms with Crippen molar-refractivity contribution in [3.05, 3.63) is 27.8 Å². The Morgan fingerprint density at radius 2 is 1.95 bits per heavy atom. The van der Waals surface area contributed by atoms with Crippen molar-refractivity contribution in [2.24, 2.45) is 5.92 Å². The molecule has 1 aliphatic carbocycles. The van der Waals surface area contributed by atoms with Crippen LogP contribution in [0.5, 0.6) is 0 Å². The summed E-state index contributed by atoms with van der Waals surface area (Å²) >= 11 is 2.43. The summed E-state index contributed by atoms with van der Waals surface area (Å²) in [6, 6.07) is 10.0. The molecule has 2 N–H and O–H groups in total. The van der Waals surface area contributed by atoms with E-state index in [9.17, 15) is 0 Å². The maximum absolute atomic E-state index is 3.81. The van der Waals surface area contributed by atoms with E-state index in [4.69, 9.17) is 0 Å². The van der Waals surface area contributed by atoms with E-state index in [2.05, 4.69) is 57.5 Å². The van der Waals surface area contributed by atoms with E-state index in [1.54, 1.807) is 0 Å². The minimum atomic E-state index is 0.659. The van der Waals surface area contributed by atoms with Crippen LogP contribution in [-0.2, 0) is 0 Å². The normalized spacial score (nSPS) is 31.3. The third-order valence-corrected chi connectivity index (χ3v) is 5.59. The standard InChI is InChI=1S/C16H23IN2/c17-13-7-1-2-9-16(13)19-15-10-5-6-12(15)14-8-3-4-11-18-14/h1-2,7,9,12,14-15,18-19H,3-6,8,10-11H2. The Hall–Kier alpha value is -0.290. The summed E-state index contributed by atoms with van der Waals surface area (Å²) in [5, 5.41) is 7.56. The first-order valence-corrected chi connectivity index (χ1v) is 8.67. The van der Waals surface area contributed by atoms with Crippen LogP contribution in [0.1, 0.15) is 38.5 Å². The van der Waals surface area contributed by atoms with E-state index in [-0.39, 0.29) is 0 Å². The molecular formula is C16H23IN2. The van der Waals surface area contributed by atoms with Gasteiger partial charge >= 0.3 is 0 Å². The zero-order chi connectivity index (χ0) is 13.1. The largest absolute Gasteiger partial charge is 0.381 e. The van der Waals surface area contributed by atoms with Crippen LogP contribution in [0.3, 0.4) is 0 Å². The lowest BCUT2D eigenvalue weighted by Gasteiger charge is -2.33. The van der Waals surface area contributed by atoms with Gasteiger partial charge < -0.3 is 10.6 Å². The number of hydrogen-bond donors (Lipinski definition) is 2. The second kappa shape index (κ2) is 6.44. The van der Waals surface area contributed by atoms with Crippen LogP contribution in [0.4, 0.5) is 5.69 Å². The van der Waals surface area contributed by atoms with Gasteiger partial charge in [0, 0.05) is 21.3 Å². The highest BCUT2D eigenvalue weighted by Crippen LogP contribution is 2.34. The van der Waals surface area contributed by atoms with Gasteiger partial charge in [0.2, 0.25) is 0 Å². The van der Waals surface area contributed by atoms with E-state index >= 15 is 0 Å². The van der Waals surface area contributed by atoms with Gasteiger partial charge in [-0.25, -0.2) is 0 Å². The summed E-state index contributed by atoms with van der Waals surface area (Å²) in [7, 11) is 0. The number of rotatable bonds is 3. The summed E-state index contributed by atoms with van der Waals surface area (Å²) < 4.78 is 1.34. The fourth-order valence-corrected chi connectivity index (χ4v) is 4.21. The highest BCUT2D eigenvalue weighted by atomic mass is 127. The van der Waals surface area contributed by atoms with E-state index in [0.717, 1.165) is 12.0 Å². The second-order valence-electron chi connectivity index (χ2n) is 5.88. The molecule has 0 aromatic heterocycles. The van der Waals surface area contributed by atoms with Gasteiger partial charge in [-0.3, -0.25) is 0 Å². The van der Waals surface area contributed by atoms with E-state index in [1.165, 1.54) is 54.3 Å². The molecule has 3 heteroatoms. The third-order valence-electron chi connectivity index (χ3n) is 4.65. The number of nitrogens with one attached hydrogen (secondary N) is 2. The van der Waals surface area contributed by atoms with Gasteiger partial charge in [-0.15, -0.1) is 0 Å². The lowest BCUT2D eigenvalue weighted by Crippen LogP contribution is -2.44. The molecule has 19 heavy (non-hydrogen) atoms. The predicted octanol–water partition coefficient (Wildman–Crippen LogP) is 4.01. The second-order valence-corrected chi connectivity index (χ2v) is 7.04. The molecule has 1 aromatic carbocycles. The molecule has 0 amide bonds. The van der Waals surface area contributed by atoms with E-state index in [1.807, 2.05) is 0 Å². The van der Waals surface area contributed by atoms with Crippen molar-refractivity contribution < 1.29 is 0 Å². The Balaban J connectivity index is 1.67. The third kappa shape index (κ3) is 3.24. The lowest BCUT2D eigenvalue weighted by atomic mass is 9.88. The van der Waals surface area contributed by atoms with Crippen molar-refractivity contribution in [2.75, 3.05) is 11.9 Å². The molecule has 0 bridgehead atoms. The quantitative estimate of drug-likeness (QED) is 0.786. The van der Waals surface area contributed by atoms with Gasteiger partial charge in [-0.2, -0.15) is 0 Å². The van der Waals surface area contributed by atoms with Gasteiger partial charge in [0.15, 0.2) is 0 Å². The summed E-state index contributed by atoms with van der Waals surface area (Å²) in [6.07, 6.45) is 8.23. The smallest absolute Gasteiger partial charge is 0.0478 e. The Morgan fingerprint density at radius 3 is 2.74 bits per heavy atom. The lowest BCUT2D eigenvalue weighted by molar-refractivity contribution is 0.286. The van der Waals surface area contributed by atoms with Crippen molar-refractivity contribution >= 4 is 28.3 Å². The van der Waals surface area contributed by atoms with Gasteiger partial charge in [0.25, 0.3) is 0 Å². The first-order chi connectivity index (χ1) is 9.34.